The summed E-state index contributed by atoms with van der Waals surface area (Å²) in [4.78, 5) is 27.9. The average Bonchev–Trinajstić information content (AvgIpc) is 1.63. The van der Waals surface area contributed by atoms with Crippen LogP contribution in [0, 0.1) is 0 Å². The summed E-state index contributed by atoms with van der Waals surface area (Å²) >= 11 is 0. The number of aliphatic carboxylic acids is 2. The second-order valence-electron chi connectivity index (χ2n) is 1.38. The lowest BCUT2D eigenvalue weighted by molar-refractivity contribution is -0.148. The highest BCUT2D eigenvalue weighted by atomic mass is 16.4. The molecule has 0 heterocycles. The molecule has 0 fully saturated rings. The second-order valence-corrected chi connectivity index (χ2v) is 1.38. The van der Waals surface area contributed by atoms with Gasteiger partial charge in [0.05, 0.1) is 0 Å². The lowest BCUT2D eigenvalue weighted by Gasteiger charge is -1.73. The van der Waals surface area contributed by atoms with E-state index in [0.29, 0.717) is 0 Å². The van der Waals surface area contributed by atoms with E-state index in [1.165, 1.54) is 0 Å². The fourth-order valence-electron chi connectivity index (χ4n) is 0. The Hall–Kier alpha value is -1.39. The van der Waals surface area contributed by atoms with Crippen molar-refractivity contribution in [3.05, 3.63) is 0 Å². The summed E-state index contributed by atoms with van der Waals surface area (Å²) in [5.74, 6) is -3.04. The van der Waals surface area contributed by atoms with Crippen LogP contribution in [0.2, 0.25) is 0 Å². The average molecular weight is 148 g/mol. The molecule has 0 atom stereocenters. The molecule has 0 aliphatic carbocycles. The van der Waals surface area contributed by atoms with Crippen molar-refractivity contribution in [1.82, 2.24) is 0 Å². The van der Waals surface area contributed by atoms with Gasteiger partial charge in [-0.25, -0.2) is 4.79 Å². The van der Waals surface area contributed by atoms with Crippen LogP contribution in [-0.4, -0.2) is 27.9 Å². The molecule has 2 N–H and O–H groups in total. The van der Waals surface area contributed by atoms with E-state index in [0.717, 1.165) is 13.8 Å². The first-order valence-electron chi connectivity index (χ1n) is 2.31. The summed E-state index contributed by atoms with van der Waals surface area (Å²) < 4.78 is 0. The van der Waals surface area contributed by atoms with Crippen molar-refractivity contribution in [2.75, 3.05) is 0 Å². The van der Waals surface area contributed by atoms with Gasteiger partial charge in [-0.15, -0.1) is 0 Å². The van der Waals surface area contributed by atoms with Crippen LogP contribution in [0.1, 0.15) is 13.8 Å². The predicted molar refractivity (Wildman–Crippen MR) is 31.6 cm³/mol. The van der Waals surface area contributed by atoms with Gasteiger partial charge in [0.1, 0.15) is 0 Å². The Kier molecular flexibility index (Phi) is 6.55. The molecular formula is C5H8O5. The number of carboxylic acids is 2. The predicted octanol–water partition coefficient (Wildman–Crippen LogP) is -0.249. The molecule has 5 heteroatoms. The quantitative estimate of drug-likeness (QED) is 0.500. The highest BCUT2D eigenvalue weighted by molar-refractivity contribution is 6.31. The van der Waals surface area contributed by atoms with E-state index in [1.54, 1.807) is 0 Å². The standard InChI is InChI=1S/C3H4O3.C2H4O2/c1-2(4)3(5)6;1-2(3)4/h1H3,(H,5,6);1H3,(H,3,4). The topological polar surface area (TPSA) is 91.7 Å². The lowest BCUT2D eigenvalue weighted by Crippen LogP contribution is -2.05. The zero-order valence-electron chi connectivity index (χ0n) is 5.62. The first-order chi connectivity index (χ1) is 4.37. The number of carbonyl (C=O) groups is 3. The Morgan fingerprint density at radius 3 is 1.10 bits per heavy atom. The normalized spacial score (nSPS) is 7.00. The molecule has 0 aromatic carbocycles. The molecule has 0 aliphatic heterocycles. The van der Waals surface area contributed by atoms with Gasteiger partial charge in [-0.3, -0.25) is 9.59 Å². The minimum Gasteiger partial charge on any atom is -0.481 e. The summed E-state index contributed by atoms with van der Waals surface area (Å²) in [6.07, 6.45) is 0. The molecule has 10 heavy (non-hydrogen) atoms. The van der Waals surface area contributed by atoms with Crippen LogP contribution >= 0.6 is 0 Å². The number of rotatable bonds is 1. The maximum atomic E-state index is 9.54. The molecule has 0 saturated carbocycles. The van der Waals surface area contributed by atoms with Gasteiger partial charge in [-0.2, -0.15) is 0 Å². The molecule has 0 bridgehead atoms. The molecule has 0 radical (unpaired) electrons. The summed E-state index contributed by atoms with van der Waals surface area (Å²) in [5, 5.41) is 15.1. The molecule has 0 aromatic rings. The zero-order chi connectivity index (χ0) is 8.73. The fourth-order valence-corrected chi connectivity index (χ4v) is 0. The van der Waals surface area contributed by atoms with Gasteiger partial charge in [0, 0.05) is 13.8 Å². The number of carbonyl (C=O) groups excluding carboxylic acids is 1. The van der Waals surface area contributed by atoms with Crippen molar-refractivity contribution >= 4 is 17.7 Å². The van der Waals surface area contributed by atoms with Crippen molar-refractivity contribution in [2.24, 2.45) is 0 Å². The number of hydrogen-bond acceptors (Lipinski definition) is 3. The smallest absolute Gasteiger partial charge is 0.371 e. The van der Waals surface area contributed by atoms with E-state index < -0.39 is 17.7 Å². The van der Waals surface area contributed by atoms with Gasteiger partial charge in [-0.1, -0.05) is 0 Å². The van der Waals surface area contributed by atoms with E-state index in [1.807, 2.05) is 0 Å². The molecule has 0 saturated heterocycles. The fraction of sp³-hybridized carbons (Fsp3) is 0.400. The molecular weight excluding hydrogens is 140 g/mol. The van der Waals surface area contributed by atoms with Gasteiger partial charge < -0.3 is 10.2 Å². The highest BCUT2D eigenvalue weighted by Gasteiger charge is 1.98. The molecule has 5 nitrogen and oxygen atoms in total. The minimum atomic E-state index is -1.38. The van der Waals surface area contributed by atoms with E-state index in [9.17, 15) is 9.59 Å². The van der Waals surface area contributed by atoms with Crippen molar-refractivity contribution in [1.29, 1.82) is 0 Å². The van der Waals surface area contributed by atoms with Crippen LogP contribution in [0.4, 0.5) is 0 Å². The van der Waals surface area contributed by atoms with Crippen LogP contribution in [0.15, 0.2) is 0 Å². The van der Waals surface area contributed by atoms with Crippen molar-refractivity contribution in [3.63, 3.8) is 0 Å². The Balaban J connectivity index is 0. The van der Waals surface area contributed by atoms with Gasteiger partial charge in [0.15, 0.2) is 0 Å². The van der Waals surface area contributed by atoms with Gasteiger partial charge in [0.2, 0.25) is 5.78 Å². The maximum Gasteiger partial charge on any atom is 0.371 e. The number of ketones is 1. The third-order valence-electron chi connectivity index (χ3n) is 0.301. The van der Waals surface area contributed by atoms with E-state index in [2.05, 4.69) is 0 Å². The minimum absolute atomic E-state index is 0.824. The second kappa shape index (κ2) is 5.74. The molecule has 0 amide bonds. The monoisotopic (exact) mass is 148 g/mol. The van der Waals surface area contributed by atoms with Gasteiger partial charge >= 0.3 is 5.97 Å². The largest absolute Gasteiger partial charge is 0.481 e. The van der Waals surface area contributed by atoms with Gasteiger partial charge in [-0.05, 0) is 0 Å². The summed E-state index contributed by atoms with van der Waals surface area (Å²) in [6, 6.07) is 0. The van der Waals surface area contributed by atoms with Crippen LogP contribution in [0.25, 0.3) is 0 Å². The van der Waals surface area contributed by atoms with E-state index in [4.69, 9.17) is 15.0 Å². The first-order valence-corrected chi connectivity index (χ1v) is 2.31. The van der Waals surface area contributed by atoms with E-state index >= 15 is 0 Å². The van der Waals surface area contributed by atoms with Crippen molar-refractivity contribution in [2.45, 2.75) is 13.8 Å². The molecule has 0 spiro atoms. The Labute approximate surface area is 57.3 Å². The number of hydrogen-bond donors (Lipinski definition) is 2. The van der Waals surface area contributed by atoms with Crippen LogP contribution < -0.4 is 0 Å². The molecule has 0 unspecified atom stereocenters. The summed E-state index contributed by atoms with van der Waals surface area (Å²) in [6.45, 7) is 2.09. The molecule has 58 valence electrons. The van der Waals surface area contributed by atoms with Gasteiger partial charge in [0.25, 0.3) is 5.97 Å². The SMILES string of the molecule is CC(=O)C(=O)O.CC(=O)O. The Bertz CT molecular complexity index is 132. The molecule has 0 aromatic heterocycles. The third-order valence-corrected chi connectivity index (χ3v) is 0.301. The number of Topliss-reactive ketones (excluding diaryl/α,β-unsaturated/α-hetero) is 1. The Morgan fingerprint density at radius 1 is 1.00 bits per heavy atom. The van der Waals surface area contributed by atoms with Crippen molar-refractivity contribution in [3.8, 4) is 0 Å². The molecule has 0 rings (SSSR count). The molecule has 0 aliphatic rings. The third kappa shape index (κ3) is 30.5. The van der Waals surface area contributed by atoms with Crippen molar-refractivity contribution < 1.29 is 24.6 Å². The van der Waals surface area contributed by atoms with Crippen LogP contribution in [0.5, 0.6) is 0 Å². The van der Waals surface area contributed by atoms with E-state index in [-0.39, 0.29) is 0 Å². The first kappa shape index (κ1) is 11.4. The summed E-state index contributed by atoms with van der Waals surface area (Å²) in [5.41, 5.74) is 0. The summed E-state index contributed by atoms with van der Waals surface area (Å²) in [7, 11) is 0. The van der Waals surface area contributed by atoms with Crippen LogP contribution in [0.3, 0.4) is 0 Å². The maximum absolute atomic E-state index is 9.54. The number of carboxylic acid groups (broad SMARTS) is 2. The lowest BCUT2D eigenvalue weighted by atomic mass is 10.5. The highest BCUT2D eigenvalue weighted by Crippen LogP contribution is 1.61. The zero-order valence-corrected chi connectivity index (χ0v) is 5.62. The Morgan fingerprint density at radius 2 is 1.10 bits per heavy atom. The van der Waals surface area contributed by atoms with Crippen LogP contribution in [-0.2, 0) is 14.4 Å².